The minimum absolute atomic E-state index is 0.0536. The van der Waals surface area contributed by atoms with Gasteiger partial charge in [0.1, 0.15) is 0 Å². The van der Waals surface area contributed by atoms with Crippen LogP contribution in [0.3, 0.4) is 0 Å². The highest BCUT2D eigenvalue weighted by atomic mass is 16.2. The van der Waals surface area contributed by atoms with E-state index < -0.39 is 22.5 Å². The molecular formula is C10H10N4O4. The lowest BCUT2D eigenvalue weighted by molar-refractivity contribution is 0.516. The molecule has 2 N–H and O–H groups in total. The number of aromatic nitrogens is 4. The van der Waals surface area contributed by atoms with Crippen LogP contribution in [0, 0.1) is 0 Å². The number of hydrogen-bond acceptors (Lipinski definition) is 4. The molecule has 0 fully saturated rings. The molecule has 0 aliphatic rings. The van der Waals surface area contributed by atoms with E-state index in [2.05, 4.69) is 9.97 Å². The fourth-order valence-electron chi connectivity index (χ4n) is 1.53. The Hall–Kier alpha value is -2.64. The van der Waals surface area contributed by atoms with Crippen molar-refractivity contribution in [2.45, 2.75) is 13.1 Å². The summed E-state index contributed by atoms with van der Waals surface area (Å²) in [6, 6.07) is 2.39. The van der Waals surface area contributed by atoms with Crippen molar-refractivity contribution in [3.8, 4) is 0 Å². The summed E-state index contributed by atoms with van der Waals surface area (Å²) in [5.74, 6) is 0. The molecule has 0 aliphatic heterocycles. The van der Waals surface area contributed by atoms with Crippen molar-refractivity contribution < 1.29 is 0 Å². The third-order valence-electron chi connectivity index (χ3n) is 2.44. The van der Waals surface area contributed by atoms with Crippen molar-refractivity contribution in [1.29, 1.82) is 0 Å². The molecule has 8 nitrogen and oxygen atoms in total. The smallest absolute Gasteiger partial charge is 0.314 e. The van der Waals surface area contributed by atoms with Gasteiger partial charge in [0.25, 0.3) is 11.1 Å². The van der Waals surface area contributed by atoms with Crippen molar-refractivity contribution in [2.24, 2.45) is 0 Å². The lowest BCUT2D eigenvalue weighted by Gasteiger charge is -2.05. The molecule has 2 heterocycles. The summed E-state index contributed by atoms with van der Waals surface area (Å²) in [6.45, 7) is -0.107. The largest absolute Gasteiger partial charge is 0.328 e. The van der Waals surface area contributed by atoms with Gasteiger partial charge in [-0.3, -0.25) is 18.7 Å². The summed E-state index contributed by atoms with van der Waals surface area (Å²) in [6.07, 6.45) is 2.48. The van der Waals surface area contributed by atoms with E-state index in [4.69, 9.17) is 0 Å². The van der Waals surface area contributed by atoms with E-state index >= 15 is 0 Å². The van der Waals surface area contributed by atoms with Gasteiger partial charge in [0.15, 0.2) is 0 Å². The SMILES string of the molecule is O=c1cc[nH]c(=O)n1CCn1c(=O)cc[nH]c1=O. The highest BCUT2D eigenvalue weighted by Gasteiger charge is 2.03. The standard InChI is InChI=1S/C10H10N4O4/c15-7-1-3-11-9(17)13(7)5-6-14-8(16)2-4-12-10(14)18/h1-4H,5-6H2,(H,11,17)(H,12,18). The average molecular weight is 250 g/mol. The minimum atomic E-state index is -0.581. The highest BCUT2D eigenvalue weighted by Crippen LogP contribution is 1.77. The molecular weight excluding hydrogens is 240 g/mol. The summed E-state index contributed by atoms with van der Waals surface area (Å²) in [7, 11) is 0. The molecule has 0 saturated carbocycles. The summed E-state index contributed by atoms with van der Waals surface area (Å²) in [5, 5.41) is 0. The van der Waals surface area contributed by atoms with Gasteiger partial charge in [0.2, 0.25) is 0 Å². The molecule has 8 heteroatoms. The maximum Gasteiger partial charge on any atom is 0.328 e. The fourth-order valence-corrected chi connectivity index (χ4v) is 1.53. The van der Waals surface area contributed by atoms with Gasteiger partial charge in [-0.05, 0) is 0 Å². The van der Waals surface area contributed by atoms with Crippen molar-refractivity contribution >= 4 is 0 Å². The van der Waals surface area contributed by atoms with E-state index in [1.807, 2.05) is 0 Å². The second-order valence-electron chi connectivity index (χ2n) is 3.55. The zero-order valence-corrected chi connectivity index (χ0v) is 9.25. The average Bonchev–Trinajstić information content (AvgIpc) is 2.31. The van der Waals surface area contributed by atoms with Gasteiger partial charge in [-0.2, -0.15) is 0 Å². The van der Waals surface area contributed by atoms with E-state index in [0.717, 1.165) is 9.13 Å². The Morgan fingerprint density at radius 1 is 0.778 bits per heavy atom. The van der Waals surface area contributed by atoms with Crippen LogP contribution in [0.4, 0.5) is 0 Å². The van der Waals surface area contributed by atoms with E-state index in [1.165, 1.54) is 24.5 Å². The summed E-state index contributed by atoms with van der Waals surface area (Å²) in [4.78, 5) is 50.2. The van der Waals surface area contributed by atoms with Crippen LogP contribution in [0.25, 0.3) is 0 Å². The first-order valence-electron chi connectivity index (χ1n) is 5.16. The predicted octanol–water partition coefficient (Wildman–Crippen LogP) is -1.91. The van der Waals surface area contributed by atoms with E-state index in [1.54, 1.807) is 0 Å². The summed E-state index contributed by atoms with van der Waals surface area (Å²) in [5.41, 5.74) is -2.14. The molecule has 18 heavy (non-hydrogen) atoms. The van der Waals surface area contributed by atoms with Gasteiger partial charge in [0.05, 0.1) is 0 Å². The number of aromatic amines is 2. The van der Waals surface area contributed by atoms with Crippen LogP contribution in [0.2, 0.25) is 0 Å². The van der Waals surface area contributed by atoms with Crippen LogP contribution < -0.4 is 22.5 Å². The van der Waals surface area contributed by atoms with Crippen LogP contribution in [-0.2, 0) is 13.1 Å². The van der Waals surface area contributed by atoms with E-state index in [-0.39, 0.29) is 13.1 Å². The van der Waals surface area contributed by atoms with Crippen LogP contribution in [0.15, 0.2) is 43.7 Å². The predicted molar refractivity (Wildman–Crippen MR) is 62.6 cm³/mol. The van der Waals surface area contributed by atoms with Crippen LogP contribution >= 0.6 is 0 Å². The Kier molecular flexibility index (Phi) is 3.09. The van der Waals surface area contributed by atoms with Crippen LogP contribution in [0.1, 0.15) is 0 Å². The second kappa shape index (κ2) is 4.70. The minimum Gasteiger partial charge on any atom is -0.314 e. The number of rotatable bonds is 3. The Balaban J connectivity index is 2.34. The molecule has 0 saturated heterocycles. The van der Waals surface area contributed by atoms with Crippen molar-refractivity contribution in [1.82, 2.24) is 19.1 Å². The van der Waals surface area contributed by atoms with E-state index in [9.17, 15) is 19.2 Å². The third kappa shape index (κ3) is 2.21. The first-order valence-corrected chi connectivity index (χ1v) is 5.16. The number of hydrogen-bond donors (Lipinski definition) is 2. The zero-order chi connectivity index (χ0) is 13.1. The Morgan fingerprint density at radius 2 is 1.17 bits per heavy atom. The van der Waals surface area contributed by atoms with E-state index in [0.29, 0.717) is 0 Å². The van der Waals surface area contributed by atoms with Crippen molar-refractivity contribution in [3.05, 3.63) is 66.2 Å². The summed E-state index contributed by atoms with van der Waals surface area (Å²) < 4.78 is 1.83. The molecule has 2 rings (SSSR count). The zero-order valence-electron chi connectivity index (χ0n) is 9.25. The van der Waals surface area contributed by atoms with Gasteiger partial charge in [-0.1, -0.05) is 0 Å². The highest BCUT2D eigenvalue weighted by molar-refractivity contribution is 4.85. The van der Waals surface area contributed by atoms with Gasteiger partial charge in [-0.25, -0.2) is 9.59 Å². The van der Waals surface area contributed by atoms with Crippen molar-refractivity contribution in [3.63, 3.8) is 0 Å². The molecule has 0 aromatic carbocycles. The van der Waals surface area contributed by atoms with Gasteiger partial charge in [-0.15, -0.1) is 0 Å². The number of nitrogens with zero attached hydrogens (tertiary/aromatic N) is 2. The fraction of sp³-hybridized carbons (Fsp3) is 0.200. The molecule has 0 aliphatic carbocycles. The van der Waals surface area contributed by atoms with Crippen LogP contribution in [0.5, 0.6) is 0 Å². The first-order chi connectivity index (χ1) is 8.59. The maximum absolute atomic E-state index is 11.4. The van der Waals surface area contributed by atoms with Gasteiger partial charge < -0.3 is 9.97 Å². The monoisotopic (exact) mass is 250 g/mol. The molecule has 0 radical (unpaired) electrons. The lowest BCUT2D eigenvalue weighted by atomic mass is 10.5. The van der Waals surface area contributed by atoms with Crippen LogP contribution in [-0.4, -0.2) is 19.1 Å². The molecule has 0 amide bonds. The molecule has 2 aromatic rings. The maximum atomic E-state index is 11.4. The first kappa shape index (κ1) is 11.8. The quantitative estimate of drug-likeness (QED) is 0.662. The lowest BCUT2D eigenvalue weighted by Crippen LogP contribution is -2.39. The Morgan fingerprint density at radius 3 is 1.50 bits per heavy atom. The normalized spacial score (nSPS) is 10.4. The molecule has 0 spiro atoms. The molecule has 0 unspecified atom stereocenters. The molecule has 0 bridgehead atoms. The van der Waals surface area contributed by atoms with Gasteiger partial charge in [0, 0.05) is 37.6 Å². The number of nitrogens with one attached hydrogen (secondary N) is 2. The number of H-pyrrole nitrogens is 2. The van der Waals surface area contributed by atoms with Gasteiger partial charge >= 0.3 is 11.4 Å². The summed E-state index contributed by atoms with van der Waals surface area (Å²) >= 11 is 0. The Labute approximate surface area is 99.2 Å². The topological polar surface area (TPSA) is 110 Å². The molecule has 94 valence electrons. The second-order valence-corrected chi connectivity index (χ2v) is 3.55. The third-order valence-corrected chi connectivity index (χ3v) is 2.44. The Bertz CT molecular complexity index is 655. The molecule has 0 atom stereocenters. The van der Waals surface area contributed by atoms with Crippen molar-refractivity contribution in [2.75, 3.05) is 0 Å². The molecule has 2 aromatic heterocycles.